The Kier molecular flexibility index (Phi) is 14.6. The first kappa shape index (κ1) is 48.6. The number of rotatable bonds is 18. The van der Waals surface area contributed by atoms with Crippen molar-refractivity contribution in [3.63, 3.8) is 0 Å². The van der Waals surface area contributed by atoms with Crippen molar-refractivity contribution in [2.75, 3.05) is 26.2 Å². The summed E-state index contributed by atoms with van der Waals surface area (Å²) in [5, 5.41) is 8.43. The molecule has 5 N–H and O–H groups in total. The average molecular weight is 965 g/mol. The molecule has 6 heterocycles. The predicted octanol–water partition coefficient (Wildman–Crippen LogP) is 2.38. The van der Waals surface area contributed by atoms with Crippen LogP contribution in [-0.2, 0) is 62.6 Å². The third-order valence-corrected chi connectivity index (χ3v) is 14.0. The topological polar surface area (TPSA) is 231 Å². The summed E-state index contributed by atoms with van der Waals surface area (Å²) in [6.07, 6.45) is 4.10. The lowest BCUT2D eigenvalue weighted by Gasteiger charge is -2.21. The number of aliphatic imine (C=N–C) groups is 1. The molecule has 3 aromatic carbocycles. The Balaban J connectivity index is 0.916. The lowest BCUT2D eigenvalue weighted by Crippen LogP contribution is -2.43. The minimum Gasteiger partial charge on any atom is -0.370 e. The van der Waals surface area contributed by atoms with Gasteiger partial charge < -0.3 is 30.6 Å². The van der Waals surface area contributed by atoms with E-state index >= 15 is 0 Å². The zero-order valence-electron chi connectivity index (χ0n) is 38.9. The summed E-state index contributed by atoms with van der Waals surface area (Å²) in [4.78, 5) is 104. The third-order valence-electron chi connectivity index (χ3n) is 14.0. The van der Waals surface area contributed by atoms with Crippen molar-refractivity contribution in [1.82, 2.24) is 30.7 Å². The number of hydrogen-bond acceptors (Lipinski definition) is 12. The summed E-state index contributed by atoms with van der Waals surface area (Å²) in [7, 11) is 0. The van der Waals surface area contributed by atoms with Gasteiger partial charge in [0.05, 0.1) is 85.2 Å². The second kappa shape index (κ2) is 21.3. The van der Waals surface area contributed by atoms with Crippen LogP contribution < -0.4 is 21.7 Å². The highest BCUT2D eigenvalue weighted by atomic mass is 16.5. The number of carbonyl (C=O) groups excluding carboxylic acids is 7. The molecule has 71 heavy (non-hydrogen) atoms. The minimum atomic E-state index is -1.04. The summed E-state index contributed by atoms with van der Waals surface area (Å²) in [5.41, 5.74) is 8.73. The molecular weight excluding hydrogens is 909 g/mol. The number of urea groups is 1. The van der Waals surface area contributed by atoms with Crippen molar-refractivity contribution in [3.05, 3.63) is 157 Å². The summed E-state index contributed by atoms with van der Waals surface area (Å²) in [6.45, 7) is 8.88. The Morgan fingerprint density at radius 3 is 1.37 bits per heavy atom. The van der Waals surface area contributed by atoms with Gasteiger partial charge in [-0.15, -0.1) is 13.2 Å². The van der Waals surface area contributed by atoms with E-state index in [1.807, 2.05) is 91.0 Å². The molecule has 8 amide bonds. The maximum absolute atomic E-state index is 14.3. The number of nitrogens with two attached hydrogens (primary N) is 1. The average Bonchev–Trinajstić information content (AvgIpc) is 4.20. The van der Waals surface area contributed by atoms with E-state index in [2.05, 4.69) is 34.1 Å². The second-order valence-corrected chi connectivity index (χ2v) is 18.2. The van der Waals surface area contributed by atoms with Gasteiger partial charge >= 0.3 is 6.03 Å². The summed E-state index contributed by atoms with van der Waals surface area (Å²) >= 11 is 0. The molecule has 0 aromatic heterocycles. The van der Waals surface area contributed by atoms with E-state index in [0.29, 0.717) is 13.1 Å². The molecule has 18 heteroatoms. The highest BCUT2D eigenvalue weighted by Gasteiger charge is 2.62. The number of nitrogens with one attached hydrogen (secondary N) is 3. The number of guanidine groups is 1. The van der Waals surface area contributed by atoms with Crippen LogP contribution >= 0.6 is 0 Å². The van der Waals surface area contributed by atoms with Crippen LogP contribution in [-0.4, -0.2) is 125 Å². The first-order valence-corrected chi connectivity index (χ1v) is 23.8. The largest absolute Gasteiger partial charge is 0.370 e. The molecule has 0 bridgehead atoms. The Hall–Kier alpha value is -7.38. The molecule has 12 unspecified atom stereocenters. The van der Waals surface area contributed by atoms with Gasteiger partial charge in [0.1, 0.15) is 0 Å². The Morgan fingerprint density at radius 1 is 0.535 bits per heavy atom. The van der Waals surface area contributed by atoms with Crippen LogP contribution in [0.25, 0.3) is 0 Å². The summed E-state index contributed by atoms with van der Waals surface area (Å²) < 4.78 is 18.9. The number of nitrogens with zero attached hydrogens (tertiary/aromatic N) is 4. The molecule has 368 valence electrons. The molecule has 18 nitrogen and oxygen atoms in total. The van der Waals surface area contributed by atoms with Crippen molar-refractivity contribution in [2.45, 2.75) is 56.3 Å². The van der Waals surface area contributed by atoms with E-state index in [1.54, 1.807) is 24.3 Å². The van der Waals surface area contributed by atoms with E-state index in [-0.39, 0.29) is 56.4 Å². The lowest BCUT2D eigenvalue weighted by atomic mass is 9.86. The van der Waals surface area contributed by atoms with Gasteiger partial charge in [0.2, 0.25) is 35.4 Å². The van der Waals surface area contributed by atoms with Gasteiger partial charge in [0.15, 0.2) is 5.96 Å². The number of benzene rings is 3. The fourth-order valence-electron chi connectivity index (χ4n) is 10.6. The van der Waals surface area contributed by atoms with Crippen molar-refractivity contribution < 1.29 is 47.8 Å². The summed E-state index contributed by atoms with van der Waals surface area (Å²) in [6, 6.07) is 27.6. The van der Waals surface area contributed by atoms with Gasteiger partial charge in [-0.3, -0.25) is 53.8 Å². The molecule has 9 rings (SSSR count). The van der Waals surface area contributed by atoms with Crippen molar-refractivity contribution in [1.29, 1.82) is 0 Å². The number of amides is 8. The number of fused-ring (bicyclic) bond motifs is 3. The lowest BCUT2D eigenvalue weighted by molar-refractivity contribution is -0.144. The molecule has 0 radical (unpaired) electrons. The van der Waals surface area contributed by atoms with E-state index in [1.165, 1.54) is 22.0 Å². The van der Waals surface area contributed by atoms with Crippen LogP contribution in [0.3, 0.4) is 0 Å². The zero-order valence-corrected chi connectivity index (χ0v) is 38.9. The SMILES string of the molecule is C=CC1OC(/C=C\C2OC(/C=C\C3OC(C=C)C4C(=O)N(Cc5ccccc5)C(=O)C34)C3C(=O)N(CCN=C(N)NC(=O)NCc4ccccc4)C(=O)C23)C2C(=O)N(CCNCc3ccccc3)C(=O)C12. The molecule has 12 atom stereocenters. The first-order chi connectivity index (χ1) is 34.5. The van der Waals surface area contributed by atoms with Gasteiger partial charge in [0.25, 0.3) is 0 Å². The molecule has 6 fully saturated rings. The van der Waals surface area contributed by atoms with Gasteiger partial charge in [-0.2, -0.15) is 0 Å². The molecule has 6 aliphatic heterocycles. The van der Waals surface area contributed by atoms with Gasteiger partial charge in [-0.25, -0.2) is 4.79 Å². The van der Waals surface area contributed by atoms with Gasteiger partial charge in [-0.1, -0.05) is 127 Å². The minimum absolute atomic E-state index is 0.0958. The normalized spacial score (nSPS) is 30.3. The van der Waals surface area contributed by atoms with Crippen LogP contribution in [0.15, 0.2) is 146 Å². The predicted molar refractivity (Wildman–Crippen MR) is 257 cm³/mol. The molecule has 6 saturated heterocycles. The van der Waals surface area contributed by atoms with Crippen LogP contribution in [0.2, 0.25) is 0 Å². The van der Waals surface area contributed by atoms with Crippen LogP contribution in [0.5, 0.6) is 0 Å². The monoisotopic (exact) mass is 964 g/mol. The second-order valence-electron chi connectivity index (χ2n) is 18.2. The molecule has 3 aromatic rings. The zero-order chi connectivity index (χ0) is 49.8. The van der Waals surface area contributed by atoms with E-state index in [9.17, 15) is 33.6 Å². The first-order valence-electron chi connectivity index (χ1n) is 23.8. The maximum Gasteiger partial charge on any atom is 0.321 e. The van der Waals surface area contributed by atoms with Gasteiger partial charge in [-0.05, 0) is 16.7 Å². The number of carbonyl (C=O) groups is 7. The van der Waals surface area contributed by atoms with Crippen LogP contribution in [0.4, 0.5) is 4.79 Å². The number of hydrogen-bond donors (Lipinski definition) is 4. The molecule has 0 spiro atoms. The number of ether oxygens (including phenoxy) is 3. The standard InChI is InChI=1S/C53H56N8O10/c1-3-34-40-42(47(63)59(46(40)62)26-24-55-28-31-14-8-5-9-15-31)36(69-34)20-22-38-44-45(49(65)60(48(44)64)27-25-56-52(54)58-53(68)57-29-32-16-10-6-11-17-32)39(71-38)23-21-37-43-41(35(4-2)70-37)50(66)61(51(43)67)30-33-18-12-7-13-19-33/h3-23,34-45,55H,1-2,24-30H2,(H4,54,56,57,58,68)/b22-20-,23-21-. The van der Waals surface area contributed by atoms with E-state index in [4.69, 9.17) is 19.9 Å². The molecule has 6 aliphatic rings. The number of likely N-dealkylation sites (tertiary alicyclic amines) is 3. The number of imide groups is 3. The van der Waals surface area contributed by atoms with Crippen molar-refractivity contribution in [2.24, 2.45) is 46.2 Å². The molecule has 0 aliphatic carbocycles. The van der Waals surface area contributed by atoms with E-state index in [0.717, 1.165) is 21.6 Å². The highest BCUT2D eigenvalue weighted by molar-refractivity contribution is 6.08. The summed E-state index contributed by atoms with van der Waals surface area (Å²) in [5.74, 6) is -8.23. The Bertz CT molecular complexity index is 2650. The smallest absolute Gasteiger partial charge is 0.321 e. The van der Waals surface area contributed by atoms with Crippen molar-refractivity contribution in [3.8, 4) is 0 Å². The van der Waals surface area contributed by atoms with E-state index < -0.39 is 95.9 Å². The van der Waals surface area contributed by atoms with Crippen LogP contribution in [0.1, 0.15) is 16.7 Å². The Labute approximate surface area is 410 Å². The fraction of sp³-hybridized carbons (Fsp3) is 0.358. The fourth-order valence-corrected chi connectivity index (χ4v) is 10.6. The van der Waals surface area contributed by atoms with Crippen LogP contribution in [0, 0.1) is 35.5 Å². The molecule has 0 saturated carbocycles. The van der Waals surface area contributed by atoms with Gasteiger partial charge in [0, 0.05) is 32.7 Å². The highest BCUT2D eigenvalue weighted by Crippen LogP contribution is 2.46. The molecular formula is C53H56N8O10. The Morgan fingerprint density at radius 2 is 0.915 bits per heavy atom. The quantitative estimate of drug-likeness (QED) is 0.0474. The maximum atomic E-state index is 14.3. The third kappa shape index (κ3) is 9.88. The van der Waals surface area contributed by atoms with Crippen molar-refractivity contribution >= 4 is 47.4 Å².